The summed E-state index contributed by atoms with van der Waals surface area (Å²) < 4.78 is 5.44. The molecule has 0 aromatic heterocycles. The molecule has 2 aliphatic rings. The molecule has 120 valence electrons. The van der Waals surface area contributed by atoms with Gasteiger partial charge in [-0.2, -0.15) is 0 Å². The topological polar surface area (TPSA) is 75.9 Å². The Labute approximate surface area is 126 Å². The van der Waals surface area contributed by atoms with Crippen molar-refractivity contribution < 1.29 is 14.3 Å². The number of piperidine rings is 2. The molecule has 21 heavy (non-hydrogen) atoms. The second-order valence-electron chi connectivity index (χ2n) is 6.97. The summed E-state index contributed by atoms with van der Waals surface area (Å²) in [5.74, 6) is -0.171. The summed E-state index contributed by atoms with van der Waals surface area (Å²) in [4.78, 5) is 24.2. The van der Waals surface area contributed by atoms with Crippen LogP contribution in [0.5, 0.6) is 0 Å². The van der Waals surface area contributed by atoms with E-state index in [9.17, 15) is 9.59 Å². The molecule has 0 saturated carbocycles. The van der Waals surface area contributed by atoms with Crippen LogP contribution in [0.1, 0.15) is 46.5 Å². The average Bonchev–Trinajstić information content (AvgIpc) is 2.40. The maximum absolute atomic E-state index is 12.1. The number of hydrogen-bond acceptors (Lipinski definition) is 5. The number of esters is 1. The highest BCUT2D eigenvalue weighted by molar-refractivity contribution is 5.82. The molecule has 0 aromatic rings. The Morgan fingerprint density at radius 1 is 1.19 bits per heavy atom. The van der Waals surface area contributed by atoms with Gasteiger partial charge in [0.2, 0.25) is 0 Å². The Kier molecular flexibility index (Phi) is 4.88. The van der Waals surface area contributed by atoms with Gasteiger partial charge in [0.15, 0.2) is 0 Å². The largest absolute Gasteiger partial charge is 0.460 e. The van der Waals surface area contributed by atoms with Crippen molar-refractivity contribution in [2.24, 2.45) is 11.7 Å². The van der Waals surface area contributed by atoms with E-state index < -0.39 is 5.60 Å². The van der Waals surface area contributed by atoms with E-state index in [-0.39, 0.29) is 23.8 Å². The zero-order valence-corrected chi connectivity index (χ0v) is 13.3. The van der Waals surface area contributed by atoms with Gasteiger partial charge in [-0.05, 0) is 46.5 Å². The van der Waals surface area contributed by atoms with Crippen molar-refractivity contribution in [3.8, 4) is 0 Å². The van der Waals surface area contributed by atoms with Gasteiger partial charge in [-0.1, -0.05) is 0 Å². The third kappa shape index (κ3) is 4.17. The lowest BCUT2D eigenvalue weighted by Gasteiger charge is -2.42. The minimum absolute atomic E-state index is 0.0111. The van der Waals surface area contributed by atoms with E-state index in [1.54, 1.807) is 5.01 Å². The molecule has 0 aliphatic carbocycles. The quantitative estimate of drug-likeness (QED) is 0.767. The first kappa shape index (κ1) is 16.2. The van der Waals surface area contributed by atoms with E-state index in [0.717, 1.165) is 32.2 Å². The maximum atomic E-state index is 12.1. The highest BCUT2D eigenvalue weighted by atomic mass is 16.6. The van der Waals surface area contributed by atoms with Crippen LogP contribution in [0, 0.1) is 5.92 Å². The Balaban J connectivity index is 1.85. The molecule has 6 heteroatoms. The van der Waals surface area contributed by atoms with Gasteiger partial charge < -0.3 is 10.5 Å². The Morgan fingerprint density at radius 3 is 2.38 bits per heavy atom. The molecule has 0 unspecified atom stereocenters. The molecule has 0 radical (unpaired) electrons. The number of hydrazine groups is 1. The Morgan fingerprint density at radius 2 is 1.81 bits per heavy atom. The predicted octanol–water partition coefficient (Wildman–Crippen LogP) is 0.905. The van der Waals surface area contributed by atoms with Crippen molar-refractivity contribution in [2.75, 3.05) is 19.6 Å². The summed E-state index contributed by atoms with van der Waals surface area (Å²) in [6.45, 7) is 7.81. The molecule has 2 aliphatic heterocycles. The van der Waals surface area contributed by atoms with Gasteiger partial charge in [0, 0.05) is 19.6 Å². The lowest BCUT2D eigenvalue weighted by atomic mass is 9.97. The van der Waals surface area contributed by atoms with Crippen LogP contribution in [0.3, 0.4) is 0 Å². The molecular formula is C15H27N3O3. The van der Waals surface area contributed by atoms with Crippen LogP contribution in [0.4, 0.5) is 0 Å². The second-order valence-corrected chi connectivity index (χ2v) is 6.97. The first-order valence-corrected chi connectivity index (χ1v) is 7.82. The van der Waals surface area contributed by atoms with Gasteiger partial charge in [-0.25, -0.2) is 5.01 Å². The summed E-state index contributed by atoms with van der Waals surface area (Å²) in [5, 5.41) is 3.82. The SMILES string of the molecule is CC(C)(C)OC(=O)C1CCN(N2CCC[C@H](N)C2=O)CC1. The van der Waals surface area contributed by atoms with Crippen LogP contribution in [0.15, 0.2) is 0 Å². The summed E-state index contributed by atoms with van der Waals surface area (Å²) in [6.07, 6.45) is 3.17. The molecule has 2 rings (SSSR count). The van der Waals surface area contributed by atoms with Crippen molar-refractivity contribution in [1.29, 1.82) is 0 Å². The lowest BCUT2D eigenvalue weighted by Crippen LogP contribution is -2.58. The molecule has 0 aromatic carbocycles. The van der Waals surface area contributed by atoms with E-state index in [0.29, 0.717) is 13.1 Å². The number of nitrogens with two attached hydrogens (primary N) is 1. The molecule has 0 spiro atoms. The fourth-order valence-electron chi connectivity index (χ4n) is 2.89. The van der Waals surface area contributed by atoms with Gasteiger partial charge in [-0.3, -0.25) is 14.6 Å². The zero-order valence-electron chi connectivity index (χ0n) is 13.3. The fraction of sp³-hybridized carbons (Fsp3) is 0.867. The maximum Gasteiger partial charge on any atom is 0.309 e. The number of amides is 1. The predicted molar refractivity (Wildman–Crippen MR) is 79.1 cm³/mol. The number of hydrogen-bond donors (Lipinski definition) is 1. The van der Waals surface area contributed by atoms with Crippen LogP contribution in [-0.2, 0) is 14.3 Å². The number of ether oxygens (including phenoxy) is 1. The van der Waals surface area contributed by atoms with Crippen LogP contribution in [0.25, 0.3) is 0 Å². The van der Waals surface area contributed by atoms with E-state index in [4.69, 9.17) is 10.5 Å². The van der Waals surface area contributed by atoms with Crippen molar-refractivity contribution in [3.05, 3.63) is 0 Å². The number of rotatable bonds is 2. The third-order valence-electron chi connectivity index (χ3n) is 4.01. The number of carbonyl (C=O) groups is 2. The normalized spacial score (nSPS) is 26.0. The van der Waals surface area contributed by atoms with Crippen molar-refractivity contribution >= 4 is 11.9 Å². The minimum Gasteiger partial charge on any atom is -0.460 e. The van der Waals surface area contributed by atoms with E-state index >= 15 is 0 Å². The molecule has 6 nitrogen and oxygen atoms in total. The molecule has 0 bridgehead atoms. The van der Waals surface area contributed by atoms with Gasteiger partial charge in [0.25, 0.3) is 5.91 Å². The summed E-state index contributed by atoms with van der Waals surface area (Å²) >= 11 is 0. The van der Waals surface area contributed by atoms with E-state index in [2.05, 4.69) is 0 Å². The van der Waals surface area contributed by atoms with Crippen LogP contribution >= 0.6 is 0 Å². The third-order valence-corrected chi connectivity index (χ3v) is 4.01. The smallest absolute Gasteiger partial charge is 0.309 e. The van der Waals surface area contributed by atoms with Gasteiger partial charge in [-0.15, -0.1) is 0 Å². The van der Waals surface area contributed by atoms with Gasteiger partial charge in [0.05, 0.1) is 12.0 Å². The Hall–Kier alpha value is -1.14. The van der Waals surface area contributed by atoms with Gasteiger partial charge in [0.1, 0.15) is 5.60 Å². The highest BCUT2D eigenvalue weighted by Crippen LogP contribution is 2.24. The average molecular weight is 297 g/mol. The number of carbonyl (C=O) groups excluding carboxylic acids is 2. The van der Waals surface area contributed by atoms with Crippen LogP contribution in [0.2, 0.25) is 0 Å². The second kappa shape index (κ2) is 6.32. The summed E-state index contributed by atoms with van der Waals surface area (Å²) in [6, 6.07) is -0.373. The fourth-order valence-corrected chi connectivity index (χ4v) is 2.89. The monoisotopic (exact) mass is 297 g/mol. The lowest BCUT2D eigenvalue weighted by molar-refractivity contribution is -0.167. The molecule has 1 atom stereocenters. The van der Waals surface area contributed by atoms with Crippen LogP contribution < -0.4 is 5.73 Å². The first-order valence-electron chi connectivity index (χ1n) is 7.82. The van der Waals surface area contributed by atoms with Crippen molar-refractivity contribution in [3.63, 3.8) is 0 Å². The molecule has 2 N–H and O–H groups in total. The summed E-state index contributed by atoms with van der Waals surface area (Å²) in [5.41, 5.74) is 5.39. The molecule has 2 heterocycles. The highest BCUT2D eigenvalue weighted by Gasteiger charge is 2.35. The zero-order chi connectivity index (χ0) is 15.6. The molecule has 1 amide bonds. The van der Waals surface area contributed by atoms with E-state index in [1.165, 1.54) is 0 Å². The first-order chi connectivity index (χ1) is 9.78. The van der Waals surface area contributed by atoms with Crippen molar-refractivity contribution in [2.45, 2.75) is 58.1 Å². The number of nitrogens with zero attached hydrogens (tertiary/aromatic N) is 2. The van der Waals surface area contributed by atoms with Crippen molar-refractivity contribution in [1.82, 2.24) is 10.0 Å². The Bertz CT molecular complexity index is 397. The van der Waals surface area contributed by atoms with Gasteiger partial charge >= 0.3 is 5.97 Å². The van der Waals surface area contributed by atoms with Crippen LogP contribution in [-0.4, -0.2) is 53.2 Å². The minimum atomic E-state index is -0.441. The molecule has 2 saturated heterocycles. The molecular weight excluding hydrogens is 270 g/mol. The van der Waals surface area contributed by atoms with E-state index in [1.807, 2.05) is 25.8 Å². The summed E-state index contributed by atoms with van der Waals surface area (Å²) in [7, 11) is 0. The molecule has 2 fully saturated rings. The standard InChI is InChI=1S/C15H27N3O3/c1-15(2,3)21-14(20)11-6-9-17(10-7-11)18-8-4-5-12(16)13(18)19/h11-12H,4-10,16H2,1-3H3/t12-/m0/s1.